The van der Waals surface area contributed by atoms with Crippen LogP contribution in [0.2, 0.25) is 0 Å². The summed E-state index contributed by atoms with van der Waals surface area (Å²) in [4.78, 5) is 15.9. The third-order valence-corrected chi connectivity index (χ3v) is 3.10. The van der Waals surface area contributed by atoms with E-state index in [1.54, 1.807) is 18.2 Å². The van der Waals surface area contributed by atoms with Gasteiger partial charge >= 0.3 is 0 Å². The number of hydrogen-bond donors (Lipinski definition) is 3. The van der Waals surface area contributed by atoms with E-state index in [-0.39, 0.29) is 11.6 Å². The highest BCUT2D eigenvalue weighted by atomic mass is 32.1. The lowest BCUT2D eigenvalue weighted by molar-refractivity contribution is 0.102. The summed E-state index contributed by atoms with van der Waals surface area (Å²) in [7, 11) is 0. The second-order valence-electron chi connectivity index (χ2n) is 3.36. The van der Waals surface area contributed by atoms with Crippen molar-refractivity contribution < 1.29 is 4.79 Å². The molecule has 0 saturated heterocycles. The first kappa shape index (κ1) is 12.4. The maximum Gasteiger partial charge on any atom is 0.276 e. The van der Waals surface area contributed by atoms with Crippen molar-refractivity contribution in [2.45, 2.75) is 13.3 Å². The first-order valence-electron chi connectivity index (χ1n) is 5.30. The number of carbonyl (C=O) groups is 1. The van der Waals surface area contributed by atoms with E-state index in [1.165, 1.54) is 11.3 Å². The summed E-state index contributed by atoms with van der Waals surface area (Å²) >= 11 is 1.34. The van der Waals surface area contributed by atoms with E-state index in [1.807, 2.05) is 6.92 Å². The molecule has 8 heteroatoms. The topological polar surface area (TPSA) is 106 Å². The lowest BCUT2D eigenvalue weighted by Crippen LogP contribution is -2.16. The van der Waals surface area contributed by atoms with Crippen molar-refractivity contribution in [1.82, 2.24) is 15.2 Å². The molecule has 0 aromatic carbocycles. The van der Waals surface area contributed by atoms with Gasteiger partial charge in [-0.05, 0) is 18.6 Å². The zero-order valence-electron chi connectivity index (χ0n) is 9.67. The van der Waals surface area contributed by atoms with E-state index in [0.29, 0.717) is 10.9 Å². The Kier molecular flexibility index (Phi) is 3.80. The van der Waals surface area contributed by atoms with Gasteiger partial charge in [-0.2, -0.15) is 0 Å². The van der Waals surface area contributed by atoms with Crippen LogP contribution in [0.25, 0.3) is 0 Å². The molecule has 2 aromatic heterocycles. The Morgan fingerprint density at radius 1 is 1.44 bits per heavy atom. The van der Waals surface area contributed by atoms with Crippen LogP contribution in [0.15, 0.2) is 18.2 Å². The third-order valence-electron chi connectivity index (χ3n) is 2.12. The predicted molar refractivity (Wildman–Crippen MR) is 69.3 cm³/mol. The maximum atomic E-state index is 11.9. The Hall–Kier alpha value is -2.06. The van der Waals surface area contributed by atoms with Gasteiger partial charge in [0.2, 0.25) is 5.13 Å². The van der Waals surface area contributed by atoms with Crippen molar-refractivity contribution in [1.29, 1.82) is 0 Å². The lowest BCUT2D eigenvalue weighted by Gasteiger charge is -2.02. The summed E-state index contributed by atoms with van der Waals surface area (Å²) in [6.07, 6.45) is 0.790. The van der Waals surface area contributed by atoms with Crippen LogP contribution in [-0.4, -0.2) is 21.1 Å². The van der Waals surface area contributed by atoms with Crippen molar-refractivity contribution >= 4 is 28.2 Å². The monoisotopic (exact) mass is 264 g/mol. The van der Waals surface area contributed by atoms with Gasteiger partial charge in [0.05, 0.1) is 0 Å². The number of amides is 1. The molecule has 0 radical (unpaired) electrons. The van der Waals surface area contributed by atoms with Gasteiger partial charge in [0.1, 0.15) is 16.5 Å². The number of nitrogens with two attached hydrogens (primary N) is 1. The Labute approximate surface area is 107 Å². The molecule has 7 nitrogen and oxygen atoms in total. The fourth-order valence-electron chi connectivity index (χ4n) is 1.25. The predicted octanol–water partition coefficient (Wildman–Crippen LogP) is 1.03. The van der Waals surface area contributed by atoms with Crippen LogP contribution in [0.4, 0.5) is 10.9 Å². The highest BCUT2D eigenvalue weighted by Crippen LogP contribution is 2.16. The number of pyridine rings is 1. The van der Waals surface area contributed by atoms with Gasteiger partial charge in [0.15, 0.2) is 0 Å². The number of nitrogen functional groups attached to an aromatic ring is 1. The highest BCUT2D eigenvalue weighted by molar-refractivity contribution is 7.15. The second kappa shape index (κ2) is 5.52. The molecule has 0 aliphatic rings. The molecule has 0 fully saturated rings. The number of hydrazine groups is 1. The molecule has 0 spiro atoms. The highest BCUT2D eigenvalue weighted by Gasteiger charge is 2.11. The Morgan fingerprint density at radius 2 is 2.28 bits per heavy atom. The quantitative estimate of drug-likeness (QED) is 0.562. The molecule has 0 unspecified atom stereocenters. The normalized spacial score (nSPS) is 10.1. The van der Waals surface area contributed by atoms with Crippen molar-refractivity contribution in [2.24, 2.45) is 5.84 Å². The van der Waals surface area contributed by atoms with Crippen LogP contribution in [0.5, 0.6) is 0 Å². The van der Waals surface area contributed by atoms with Gasteiger partial charge in [-0.25, -0.2) is 10.8 Å². The molecule has 0 saturated carbocycles. The zero-order valence-corrected chi connectivity index (χ0v) is 10.5. The largest absolute Gasteiger partial charge is 0.308 e. The average Bonchev–Trinajstić information content (AvgIpc) is 2.86. The van der Waals surface area contributed by atoms with E-state index >= 15 is 0 Å². The number of hydrogen-bond acceptors (Lipinski definition) is 7. The Morgan fingerprint density at radius 3 is 2.94 bits per heavy atom. The summed E-state index contributed by atoms with van der Waals surface area (Å²) in [6, 6.07) is 4.95. The summed E-state index contributed by atoms with van der Waals surface area (Å²) in [5, 5.41) is 11.8. The number of nitrogens with one attached hydrogen (secondary N) is 2. The third kappa shape index (κ3) is 2.79. The molecule has 4 N–H and O–H groups in total. The summed E-state index contributed by atoms with van der Waals surface area (Å²) < 4.78 is 0. The molecule has 2 heterocycles. The first-order valence-corrected chi connectivity index (χ1v) is 6.12. The lowest BCUT2D eigenvalue weighted by atomic mass is 10.3. The molecular formula is C10H12N6OS. The van der Waals surface area contributed by atoms with E-state index < -0.39 is 0 Å². The molecule has 18 heavy (non-hydrogen) atoms. The minimum absolute atomic E-state index is 0.263. The van der Waals surface area contributed by atoms with Gasteiger partial charge in [-0.15, -0.1) is 10.2 Å². The SMILES string of the molecule is CCc1nnc(NC(=O)c2cccc(NN)n2)s1. The minimum atomic E-state index is -0.342. The first-order chi connectivity index (χ1) is 8.72. The number of anilines is 2. The van der Waals surface area contributed by atoms with Crippen molar-refractivity contribution in [3.63, 3.8) is 0 Å². The van der Waals surface area contributed by atoms with Crippen LogP contribution in [0.3, 0.4) is 0 Å². The number of aromatic nitrogens is 3. The number of carbonyl (C=O) groups excluding carboxylic acids is 1. The van der Waals surface area contributed by atoms with Crippen molar-refractivity contribution in [3.05, 3.63) is 28.9 Å². The van der Waals surface area contributed by atoms with Gasteiger partial charge in [-0.3, -0.25) is 10.1 Å². The van der Waals surface area contributed by atoms with Crippen molar-refractivity contribution in [2.75, 3.05) is 10.7 Å². The summed E-state index contributed by atoms with van der Waals surface area (Å²) in [5.41, 5.74) is 2.65. The Bertz CT molecular complexity index is 555. The van der Waals surface area contributed by atoms with E-state index in [4.69, 9.17) is 5.84 Å². The minimum Gasteiger partial charge on any atom is -0.308 e. The molecule has 94 valence electrons. The zero-order chi connectivity index (χ0) is 13.0. The molecule has 1 amide bonds. The van der Waals surface area contributed by atoms with E-state index in [2.05, 4.69) is 25.9 Å². The van der Waals surface area contributed by atoms with Gasteiger partial charge in [0.25, 0.3) is 5.91 Å². The molecule has 0 atom stereocenters. The molecule has 0 aliphatic heterocycles. The van der Waals surface area contributed by atoms with Crippen LogP contribution >= 0.6 is 11.3 Å². The van der Waals surface area contributed by atoms with E-state index in [0.717, 1.165) is 11.4 Å². The fraction of sp³-hybridized carbons (Fsp3) is 0.200. The number of rotatable bonds is 4. The molecule has 0 aliphatic carbocycles. The Balaban J connectivity index is 2.11. The second-order valence-corrected chi connectivity index (χ2v) is 4.42. The van der Waals surface area contributed by atoms with Gasteiger partial charge < -0.3 is 5.43 Å². The molecule has 2 rings (SSSR count). The van der Waals surface area contributed by atoms with Crippen LogP contribution in [0.1, 0.15) is 22.4 Å². The van der Waals surface area contributed by atoms with Gasteiger partial charge in [-0.1, -0.05) is 24.3 Å². The molecular weight excluding hydrogens is 252 g/mol. The van der Waals surface area contributed by atoms with E-state index in [9.17, 15) is 4.79 Å². The average molecular weight is 264 g/mol. The maximum absolute atomic E-state index is 11.9. The van der Waals surface area contributed by atoms with Crippen LogP contribution in [-0.2, 0) is 6.42 Å². The smallest absolute Gasteiger partial charge is 0.276 e. The molecule has 0 bridgehead atoms. The van der Waals surface area contributed by atoms with Crippen LogP contribution < -0.4 is 16.6 Å². The number of aryl methyl sites for hydroxylation is 1. The summed E-state index contributed by atoms with van der Waals surface area (Å²) in [6.45, 7) is 1.98. The molecule has 2 aromatic rings. The number of nitrogens with zero attached hydrogens (tertiary/aromatic N) is 3. The standard InChI is InChI=1S/C10H12N6OS/c1-2-8-15-16-10(18-8)13-9(17)6-4-3-5-7(12-6)14-11/h3-5H,2,11H2,1H3,(H,12,14)(H,13,16,17). The fourth-order valence-corrected chi connectivity index (χ4v) is 1.92. The van der Waals surface area contributed by atoms with Crippen LogP contribution in [0, 0.1) is 0 Å². The van der Waals surface area contributed by atoms with Crippen molar-refractivity contribution in [3.8, 4) is 0 Å². The summed E-state index contributed by atoms with van der Waals surface area (Å²) in [5.74, 6) is 5.31. The van der Waals surface area contributed by atoms with Gasteiger partial charge in [0, 0.05) is 0 Å².